The Morgan fingerprint density at radius 3 is 2.74 bits per heavy atom. The Kier molecular flexibility index (Phi) is 3.86. The second kappa shape index (κ2) is 5.61. The maximum Gasteiger partial charge on any atom is 0.0588 e. The largest absolute Gasteiger partial charge is 0.309 e. The molecule has 1 heterocycles. The Balaban J connectivity index is 2.14. The lowest BCUT2D eigenvalue weighted by atomic mass is 9.98. The molecule has 0 amide bonds. The van der Waals surface area contributed by atoms with E-state index < -0.39 is 0 Å². The Hall–Kier alpha value is -0.910. The summed E-state index contributed by atoms with van der Waals surface area (Å²) in [6.45, 7) is 0. The molecule has 0 spiro atoms. The minimum absolute atomic E-state index is 0.247. The highest BCUT2D eigenvalue weighted by Crippen LogP contribution is 2.32. The average molecular weight is 379 g/mol. The molecular formula is C16H14INS. The van der Waals surface area contributed by atoms with E-state index in [2.05, 4.69) is 81.8 Å². The molecule has 3 aromatic rings. The van der Waals surface area contributed by atoms with Crippen molar-refractivity contribution in [2.45, 2.75) is 6.04 Å². The Morgan fingerprint density at radius 2 is 1.95 bits per heavy atom. The molecule has 1 N–H and O–H groups in total. The number of hydrogen-bond acceptors (Lipinski definition) is 2. The first kappa shape index (κ1) is 13.1. The van der Waals surface area contributed by atoms with Gasteiger partial charge in [0.1, 0.15) is 0 Å². The van der Waals surface area contributed by atoms with E-state index in [1.54, 1.807) is 0 Å². The highest BCUT2D eigenvalue weighted by molar-refractivity contribution is 14.1. The van der Waals surface area contributed by atoms with Crippen LogP contribution in [-0.4, -0.2) is 7.05 Å². The molecule has 0 aliphatic heterocycles. The number of thiophene rings is 1. The number of benzene rings is 2. The molecule has 1 aromatic heterocycles. The van der Waals surface area contributed by atoms with Gasteiger partial charge >= 0.3 is 0 Å². The molecule has 0 bridgehead atoms. The van der Waals surface area contributed by atoms with E-state index in [0.29, 0.717) is 0 Å². The molecule has 96 valence electrons. The highest BCUT2D eigenvalue weighted by Gasteiger charge is 2.15. The van der Waals surface area contributed by atoms with Gasteiger partial charge < -0.3 is 5.32 Å². The Morgan fingerprint density at radius 1 is 1.11 bits per heavy atom. The lowest BCUT2D eigenvalue weighted by Crippen LogP contribution is -2.17. The first-order valence-electron chi connectivity index (χ1n) is 6.18. The van der Waals surface area contributed by atoms with E-state index in [1.165, 1.54) is 24.8 Å². The summed E-state index contributed by atoms with van der Waals surface area (Å²) in [5.74, 6) is 0. The van der Waals surface area contributed by atoms with Gasteiger partial charge in [-0.15, -0.1) is 11.3 Å². The van der Waals surface area contributed by atoms with E-state index in [4.69, 9.17) is 0 Å². The van der Waals surface area contributed by atoms with Gasteiger partial charge in [0.05, 0.1) is 6.04 Å². The maximum absolute atomic E-state index is 3.45. The number of hydrogen-bond donors (Lipinski definition) is 1. The zero-order valence-electron chi connectivity index (χ0n) is 10.6. The molecule has 19 heavy (non-hydrogen) atoms. The molecule has 2 aromatic carbocycles. The van der Waals surface area contributed by atoms with Crippen molar-refractivity contribution in [2.75, 3.05) is 7.05 Å². The van der Waals surface area contributed by atoms with Crippen LogP contribution in [0.4, 0.5) is 0 Å². The van der Waals surface area contributed by atoms with E-state index in [0.717, 1.165) is 0 Å². The zero-order chi connectivity index (χ0) is 13.2. The summed E-state index contributed by atoms with van der Waals surface area (Å²) in [6, 6.07) is 17.7. The summed E-state index contributed by atoms with van der Waals surface area (Å²) >= 11 is 4.18. The predicted molar refractivity (Wildman–Crippen MR) is 91.9 cm³/mol. The van der Waals surface area contributed by atoms with E-state index in [1.807, 2.05) is 18.4 Å². The molecule has 0 radical (unpaired) electrons. The fraction of sp³-hybridized carbons (Fsp3) is 0.125. The highest BCUT2D eigenvalue weighted by atomic mass is 127. The lowest BCUT2D eigenvalue weighted by Gasteiger charge is -2.18. The van der Waals surface area contributed by atoms with Crippen molar-refractivity contribution < 1.29 is 0 Å². The van der Waals surface area contributed by atoms with Crippen LogP contribution < -0.4 is 5.32 Å². The van der Waals surface area contributed by atoms with Crippen LogP contribution in [0.25, 0.3) is 10.1 Å². The molecule has 0 saturated carbocycles. The van der Waals surface area contributed by atoms with Crippen molar-refractivity contribution in [2.24, 2.45) is 0 Å². The monoisotopic (exact) mass is 379 g/mol. The van der Waals surface area contributed by atoms with E-state index in [9.17, 15) is 0 Å². The standard InChI is InChI=1S/C16H14INS/c1-18-15(12-5-2-6-13(17)10-12)14-7-3-4-11-8-9-19-16(11)14/h2-10,15,18H,1H3. The fourth-order valence-corrected chi connectivity index (χ4v) is 3.94. The quantitative estimate of drug-likeness (QED) is 0.644. The van der Waals surface area contributed by atoms with Crippen LogP contribution in [0.15, 0.2) is 53.9 Å². The number of fused-ring (bicyclic) bond motifs is 1. The fourth-order valence-electron chi connectivity index (χ4n) is 2.43. The predicted octanol–water partition coefficient (Wildman–Crippen LogP) is 4.81. The van der Waals surface area contributed by atoms with Crippen LogP contribution in [0.3, 0.4) is 0 Å². The lowest BCUT2D eigenvalue weighted by molar-refractivity contribution is 0.697. The van der Waals surface area contributed by atoms with Gasteiger partial charge in [0, 0.05) is 8.27 Å². The van der Waals surface area contributed by atoms with Crippen LogP contribution in [0.5, 0.6) is 0 Å². The molecule has 0 aliphatic carbocycles. The maximum atomic E-state index is 3.45. The summed E-state index contributed by atoms with van der Waals surface area (Å²) in [6.07, 6.45) is 0. The summed E-state index contributed by atoms with van der Waals surface area (Å²) in [5.41, 5.74) is 2.67. The molecule has 3 rings (SSSR count). The van der Waals surface area contributed by atoms with Crippen molar-refractivity contribution in [3.05, 3.63) is 68.6 Å². The third-order valence-corrected chi connectivity index (χ3v) is 4.94. The van der Waals surface area contributed by atoms with Crippen LogP contribution in [-0.2, 0) is 0 Å². The summed E-state index contributed by atoms with van der Waals surface area (Å²) in [7, 11) is 2.02. The molecule has 0 aliphatic rings. The van der Waals surface area contributed by atoms with Crippen molar-refractivity contribution >= 4 is 44.0 Å². The molecular weight excluding hydrogens is 365 g/mol. The second-order valence-electron chi connectivity index (χ2n) is 4.46. The number of rotatable bonds is 3. The van der Waals surface area contributed by atoms with Gasteiger partial charge in [-0.3, -0.25) is 0 Å². The second-order valence-corrected chi connectivity index (χ2v) is 6.62. The topological polar surface area (TPSA) is 12.0 Å². The smallest absolute Gasteiger partial charge is 0.0588 e. The van der Waals surface area contributed by atoms with Gasteiger partial charge in [-0.2, -0.15) is 0 Å². The number of nitrogens with one attached hydrogen (secondary N) is 1. The molecule has 1 nitrogen and oxygen atoms in total. The molecule has 3 heteroatoms. The van der Waals surface area contributed by atoms with Gasteiger partial charge in [-0.05, 0) is 69.7 Å². The van der Waals surface area contributed by atoms with Gasteiger partial charge in [-0.1, -0.05) is 30.3 Å². The summed E-state index contributed by atoms with van der Waals surface area (Å²) in [4.78, 5) is 0. The van der Waals surface area contributed by atoms with Gasteiger partial charge in [0.25, 0.3) is 0 Å². The van der Waals surface area contributed by atoms with Crippen LogP contribution in [0, 0.1) is 3.57 Å². The molecule has 1 unspecified atom stereocenters. The van der Waals surface area contributed by atoms with Gasteiger partial charge in [0.2, 0.25) is 0 Å². The van der Waals surface area contributed by atoms with Crippen molar-refractivity contribution in [1.82, 2.24) is 5.32 Å². The molecule has 1 atom stereocenters. The van der Waals surface area contributed by atoms with E-state index in [-0.39, 0.29) is 6.04 Å². The normalized spacial score (nSPS) is 12.7. The third kappa shape index (κ3) is 2.55. The molecule has 0 saturated heterocycles. The Labute approximate surface area is 130 Å². The van der Waals surface area contributed by atoms with Crippen LogP contribution in [0.1, 0.15) is 17.2 Å². The number of halogens is 1. The SMILES string of the molecule is CNC(c1cccc(I)c1)c1cccc2ccsc12. The van der Waals surface area contributed by atoms with Crippen LogP contribution in [0.2, 0.25) is 0 Å². The summed E-state index contributed by atoms with van der Waals surface area (Å²) < 4.78 is 2.65. The molecule has 0 fully saturated rings. The van der Waals surface area contributed by atoms with Crippen molar-refractivity contribution in [3.8, 4) is 0 Å². The zero-order valence-corrected chi connectivity index (χ0v) is 13.5. The summed E-state index contributed by atoms with van der Waals surface area (Å²) in [5, 5.41) is 6.94. The third-order valence-electron chi connectivity index (χ3n) is 3.29. The van der Waals surface area contributed by atoms with Gasteiger partial charge in [-0.25, -0.2) is 0 Å². The van der Waals surface area contributed by atoms with E-state index >= 15 is 0 Å². The van der Waals surface area contributed by atoms with Crippen molar-refractivity contribution in [1.29, 1.82) is 0 Å². The first-order chi connectivity index (χ1) is 9.29. The minimum atomic E-state index is 0.247. The van der Waals surface area contributed by atoms with Crippen LogP contribution >= 0.6 is 33.9 Å². The first-order valence-corrected chi connectivity index (χ1v) is 8.14. The Bertz CT molecular complexity index is 705. The minimum Gasteiger partial charge on any atom is -0.309 e. The van der Waals surface area contributed by atoms with Crippen molar-refractivity contribution in [3.63, 3.8) is 0 Å². The average Bonchev–Trinajstić information content (AvgIpc) is 2.89. The van der Waals surface area contributed by atoms with Gasteiger partial charge in [0.15, 0.2) is 0 Å².